The summed E-state index contributed by atoms with van der Waals surface area (Å²) in [4.78, 5) is 0. The monoisotopic (exact) mass is 175 g/mol. The predicted molar refractivity (Wildman–Crippen MR) is 52.9 cm³/mol. The molecule has 0 rings (SSSR count). The van der Waals surface area contributed by atoms with Gasteiger partial charge in [-0.1, -0.05) is 0 Å². The van der Waals surface area contributed by atoms with Crippen LogP contribution in [0.5, 0.6) is 0 Å². The molecular formula is C7H21N3Si. The molecule has 0 saturated carbocycles. The Morgan fingerprint density at radius 1 is 1.09 bits per heavy atom. The first-order chi connectivity index (χ1) is 4.95. The second-order valence-electron chi connectivity index (χ2n) is 3.54. The van der Waals surface area contributed by atoms with Crippen LogP contribution in [0.15, 0.2) is 0 Å². The van der Waals surface area contributed by atoms with Gasteiger partial charge in [-0.2, -0.15) is 0 Å². The Hall–Kier alpha value is 0.0969. The zero-order valence-corrected chi connectivity index (χ0v) is 9.60. The number of hydrogen-bond acceptors (Lipinski definition) is 3. The summed E-state index contributed by atoms with van der Waals surface area (Å²) in [6.07, 6.45) is 1.10. The molecule has 68 valence electrons. The van der Waals surface area contributed by atoms with E-state index < -0.39 is 8.40 Å². The van der Waals surface area contributed by atoms with Crippen LogP contribution in [0.25, 0.3) is 0 Å². The maximum Gasteiger partial charge on any atom is 0.216 e. The van der Waals surface area contributed by atoms with Gasteiger partial charge in [0.05, 0.1) is 0 Å². The Morgan fingerprint density at radius 3 is 1.55 bits per heavy atom. The summed E-state index contributed by atoms with van der Waals surface area (Å²) >= 11 is 0. The van der Waals surface area contributed by atoms with Crippen molar-refractivity contribution < 1.29 is 0 Å². The average molecular weight is 175 g/mol. The zero-order chi connectivity index (χ0) is 9.07. The molecule has 0 fully saturated rings. The number of rotatable bonds is 4. The van der Waals surface area contributed by atoms with E-state index in [1.54, 1.807) is 0 Å². The van der Waals surface area contributed by atoms with Crippen molar-refractivity contribution in [2.45, 2.75) is 6.55 Å². The van der Waals surface area contributed by atoms with Gasteiger partial charge in [0.15, 0.2) is 0 Å². The Bertz CT molecular complexity index is 106. The molecule has 0 saturated heterocycles. The first-order valence-corrected chi connectivity index (χ1v) is 6.54. The van der Waals surface area contributed by atoms with Crippen LogP contribution in [0.2, 0.25) is 6.55 Å². The van der Waals surface area contributed by atoms with Crippen LogP contribution in [-0.4, -0.2) is 58.9 Å². The standard InChI is InChI=1S/C7H21N3Si/c1-8-7-11(6,9(2)3)10(4)5/h8H,7H2,1-6H3. The first kappa shape index (κ1) is 11.1. The predicted octanol–water partition coefficient (Wildman–Crippen LogP) is -0.0598. The van der Waals surface area contributed by atoms with Crippen molar-refractivity contribution in [1.82, 2.24) is 14.4 Å². The molecule has 0 amide bonds. The second kappa shape index (κ2) is 4.20. The molecule has 0 unspecified atom stereocenters. The highest BCUT2D eigenvalue weighted by Crippen LogP contribution is 2.06. The van der Waals surface area contributed by atoms with Crippen molar-refractivity contribution in [1.29, 1.82) is 0 Å². The third-order valence-electron chi connectivity index (χ3n) is 2.44. The SMILES string of the molecule is CNC[Si](C)(N(C)C)N(C)C. The van der Waals surface area contributed by atoms with Gasteiger partial charge in [0.2, 0.25) is 8.40 Å². The molecule has 0 aliphatic carbocycles. The summed E-state index contributed by atoms with van der Waals surface area (Å²) in [6, 6.07) is 0. The van der Waals surface area contributed by atoms with Crippen LogP contribution in [0.3, 0.4) is 0 Å². The molecule has 0 atom stereocenters. The molecule has 0 aliphatic heterocycles. The fourth-order valence-corrected chi connectivity index (χ4v) is 3.15. The highest BCUT2D eigenvalue weighted by atomic mass is 28.3. The van der Waals surface area contributed by atoms with Crippen LogP contribution in [0, 0.1) is 0 Å². The molecule has 0 aromatic carbocycles. The molecule has 1 N–H and O–H groups in total. The lowest BCUT2D eigenvalue weighted by Gasteiger charge is -2.39. The molecule has 0 bridgehead atoms. The summed E-state index contributed by atoms with van der Waals surface area (Å²) in [5.74, 6) is 0. The molecule has 4 heteroatoms. The van der Waals surface area contributed by atoms with E-state index in [1.807, 2.05) is 7.05 Å². The molecular weight excluding hydrogens is 154 g/mol. The van der Waals surface area contributed by atoms with Gasteiger partial charge in [0, 0.05) is 6.17 Å². The fourth-order valence-electron chi connectivity index (χ4n) is 1.05. The van der Waals surface area contributed by atoms with Gasteiger partial charge in [0.25, 0.3) is 0 Å². The first-order valence-electron chi connectivity index (χ1n) is 3.94. The third kappa shape index (κ3) is 2.55. The molecule has 3 nitrogen and oxygen atoms in total. The molecule has 0 spiro atoms. The van der Waals surface area contributed by atoms with Crippen molar-refractivity contribution >= 4 is 8.40 Å². The van der Waals surface area contributed by atoms with Crippen LogP contribution >= 0.6 is 0 Å². The second-order valence-corrected chi connectivity index (χ2v) is 8.11. The molecule has 0 radical (unpaired) electrons. The molecule has 0 aromatic heterocycles. The van der Waals surface area contributed by atoms with Crippen LogP contribution in [0.4, 0.5) is 0 Å². The lowest BCUT2D eigenvalue weighted by atomic mass is 11.2. The summed E-state index contributed by atoms with van der Waals surface area (Å²) < 4.78 is 4.70. The highest BCUT2D eigenvalue weighted by Gasteiger charge is 2.32. The number of hydrogen-bond donors (Lipinski definition) is 1. The zero-order valence-electron chi connectivity index (χ0n) is 8.60. The van der Waals surface area contributed by atoms with Gasteiger partial charge in [-0.15, -0.1) is 0 Å². The summed E-state index contributed by atoms with van der Waals surface area (Å²) in [5, 5.41) is 3.25. The minimum atomic E-state index is -1.35. The maximum absolute atomic E-state index is 3.25. The van der Waals surface area contributed by atoms with Gasteiger partial charge in [-0.3, -0.25) is 0 Å². The van der Waals surface area contributed by atoms with E-state index in [4.69, 9.17) is 0 Å². The van der Waals surface area contributed by atoms with Crippen LogP contribution in [-0.2, 0) is 0 Å². The van der Waals surface area contributed by atoms with Crippen LogP contribution in [0.1, 0.15) is 0 Å². The largest absolute Gasteiger partial charge is 0.320 e. The third-order valence-corrected chi connectivity index (χ3v) is 7.32. The van der Waals surface area contributed by atoms with Gasteiger partial charge in [-0.25, -0.2) is 0 Å². The minimum Gasteiger partial charge on any atom is -0.320 e. The minimum absolute atomic E-state index is 1.10. The molecule has 0 heterocycles. The summed E-state index contributed by atoms with van der Waals surface area (Å²) in [7, 11) is 9.29. The lowest BCUT2D eigenvalue weighted by molar-refractivity contribution is 0.479. The van der Waals surface area contributed by atoms with E-state index >= 15 is 0 Å². The van der Waals surface area contributed by atoms with Gasteiger partial charge < -0.3 is 14.4 Å². The fraction of sp³-hybridized carbons (Fsp3) is 1.00. The normalized spacial score (nSPS) is 13.1. The lowest BCUT2D eigenvalue weighted by Crippen LogP contribution is -2.63. The van der Waals surface area contributed by atoms with E-state index in [0.29, 0.717) is 0 Å². The topological polar surface area (TPSA) is 18.5 Å². The van der Waals surface area contributed by atoms with Crippen molar-refractivity contribution in [2.75, 3.05) is 41.4 Å². The summed E-state index contributed by atoms with van der Waals surface area (Å²) in [5.41, 5.74) is 0. The number of nitrogens with one attached hydrogen (secondary N) is 1. The van der Waals surface area contributed by atoms with Crippen molar-refractivity contribution in [3.63, 3.8) is 0 Å². The van der Waals surface area contributed by atoms with E-state index in [1.165, 1.54) is 0 Å². The quantitative estimate of drug-likeness (QED) is 0.604. The van der Waals surface area contributed by atoms with Crippen molar-refractivity contribution in [3.05, 3.63) is 0 Å². The van der Waals surface area contributed by atoms with E-state index in [2.05, 4.69) is 49.2 Å². The van der Waals surface area contributed by atoms with E-state index in [0.717, 1.165) is 6.17 Å². The van der Waals surface area contributed by atoms with Crippen LogP contribution < -0.4 is 5.32 Å². The highest BCUT2D eigenvalue weighted by molar-refractivity contribution is 6.73. The smallest absolute Gasteiger partial charge is 0.216 e. The molecule has 0 aromatic rings. The summed E-state index contributed by atoms with van der Waals surface area (Å²) in [6.45, 7) is 2.35. The Morgan fingerprint density at radius 2 is 1.45 bits per heavy atom. The van der Waals surface area contributed by atoms with Gasteiger partial charge in [-0.05, 0) is 41.8 Å². The van der Waals surface area contributed by atoms with Gasteiger partial charge in [0.1, 0.15) is 0 Å². The average Bonchev–Trinajstić information content (AvgIpc) is 1.87. The number of nitrogens with zero attached hydrogens (tertiary/aromatic N) is 2. The Kier molecular flexibility index (Phi) is 4.24. The van der Waals surface area contributed by atoms with Gasteiger partial charge >= 0.3 is 0 Å². The van der Waals surface area contributed by atoms with Crippen molar-refractivity contribution in [2.24, 2.45) is 0 Å². The Labute approximate surface area is 71.5 Å². The Balaban J connectivity index is 4.26. The maximum atomic E-state index is 3.25. The molecule has 0 aliphatic rings. The molecule has 11 heavy (non-hydrogen) atoms. The van der Waals surface area contributed by atoms with E-state index in [9.17, 15) is 0 Å². The van der Waals surface area contributed by atoms with E-state index in [-0.39, 0.29) is 0 Å². The van der Waals surface area contributed by atoms with Crippen molar-refractivity contribution in [3.8, 4) is 0 Å².